The molecule has 5 nitrogen and oxygen atoms in total. The van der Waals surface area contributed by atoms with Crippen molar-refractivity contribution in [2.24, 2.45) is 0 Å². The van der Waals surface area contributed by atoms with Crippen LogP contribution in [0.25, 0.3) is 0 Å². The molecule has 1 aliphatic rings. The van der Waals surface area contributed by atoms with E-state index in [2.05, 4.69) is 11.4 Å². The van der Waals surface area contributed by atoms with Crippen molar-refractivity contribution in [3.8, 4) is 0 Å². The zero-order chi connectivity index (χ0) is 18.2. The molecule has 1 aliphatic carbocycles. The van der Waals surface area contributed by atoms with Gasteiger partial charge in [-0.3, -0.25) is 4.79 Å². The SMILES string of the molecule is CN(C)S(=O)(=O)c1cc(C(=O)NC2CCc3ccccc32)ccc1Cl. The van der Waals surface area contributed by atoms with Crippen LogP contribution in [0.15, 0.2) is 47.4 Å². The van der Waals surface area contributed by atoms with Crippen molar-refractivity contribution in [2.75, 3.05) is 14.1 Å². The van der Waals surface area contributed by atoms with Gasteiger partial charge in [0.2, 0.25) is 10.0 Å². The molecule has 1 unspecified atom stereocenters. The van der Waals surface area contributed by atoms with Crippen molar-refractivity contribution >= 4 is 27.5 Å². The molecule has 0 heterocycles. The highest BCUT2D eigenvalue weighted by Crippen LogP contribution is 2.31. The van der Waals surface area contributed by atoms with E-state index in [4.69, 9.17) is 11.6 Å². The molecule has 0 fully saturated rings. The summed E-state index contributed by atoms with van der Waals surface area (Å²) in [6, 6.07) is 12.3. The van der Waals surface area contributed by atoms with Gasteiger partial charge in [0.15, 0.2) is 0 Å². The number of nitrogens with one attached hydrogen (secondary N) is 1. The van der Waals surface area contributed by atoms with Crippen molar-refractivity contribution in [3.05, 3.63) is 64.2 Å². The number of fused-ring (bicyclic) bond motifs is 1. The Morgan fingerprint density at radius 3 is 2.64 bits per heavy atom. The Labute approximate surface area is 152 Å². The van der Waals surface area contributed by atoms with Gasteiger partial charge in [0, 0.05) is 19.7 Å². The maximum Gasteiger partial charge on any atom is 0.251 e. The number of carbonyl (C=O) groups excluding carboxylic acids is 1. The second-order valence-corrected chi connectivity index (χ2v) is 8.72. The van der Waals surface area contributed by atoms with E-state index >= 15 is 0 Å². The van der Waals surface area contributed by atoms with Gasteiger partial charge >= 0.3 is 0 Å². The number of rotatable bonds is 4. The van der Waals surface area contributed by atoms with E-state index < -0.39 is 10.0 Å². The Morgan fingerprint density at radius 2 is 1.92 bits per heavy atom. The summed E-state index contributed by atoms with van der Waals surface area (Å²) < 4.78 is 25.8. The Morgan fingerprint density at radius 1 is 1.20 bits per heavy atom. The minimum Gasteiger partial charge on any atom is -0.345 e. The van der Waals surface area contributed by atoms with Crippen molar-refractivity contribution in [3.63, 3.8) is 0 Å². The van der Waals surface area contributed by atoms with Crippen LogP contribution in [-0.4, -0.2) is 32.7 Å². The highest BCUT2D eigenvalue weighted by molar-refractivity contribution is 7.89. The number of aryl methyl sites for hydroxylation is 1. The molecule has 2 aromatic carbocycles. The first-order valence-corrected chi connectivity index (χ1v) is 9.73. The fourth-order valence-electron chi connectivity index (χ4n) is 2.99. The molecule has 0 saturated heterocycles. The zero-order valence-corrected chi connectivity index (χ0v) is 15.6. The second-order valence-electron chi connectivity index (χ2n) is 6.20. The van der Waals surface area contributed by atoms with E-state index in [0.29, 0.717) is 0 Å². The zero-order valence-electron chi connectivity index (χ0n) is 14.0. The maximum absolute atomic E-state index is 12.6. The molecule has 0 radical (unpaired) electrons. The molecule has 25 heavy (non-hydrogen) atoms. The van der Waals surface area contributed by atoms with Crippen LogP contribution < -0.4 is 5.32 Å². The summed E-state index contributed by atoms with van der Waals surface area (Å²) >= 11 is 6.03. The number of nitrogens with zero attached hydrogens (tertiary/aromatic N) is 1. The molecule has 0 saturated carbocycles. The number of hydrogen-bond acceptors (Lipinski definition) is 3. The number of sulfonamides is 1. The summed E-state index contributed by atoms with van der Waals surface area (Å²) in [6.07, 6.45) is 1.75. The third-order valence-electron chi connectivity index (χ3n) is 4.39. The smallest absolute Gasteiger partial charge is 0.251 e. The Balaban J connectivity index is 1.87. The molecule has 7 heteroatoms. The topological polar surface area (TPSA) is 66.5 Å². The van der Waals surface area contributed by atoms with Crippen LogP contribution in [0.2, 0.25) is 5.02 Å². The van der Waals surface area contributed by atoms with Crippen molar-refractivity contribution < 1.29 is 13.2 Å². The molecule has 0 aliphatic heterocycles. The van der Waals surface area contributed by atoms with Gasteiger partial charge in [-0.05, 0) is 42.2 Å². The summed E-state index contributed by atoms with van der Waals surface area (Å²) in [6.45, 7) is 0. The lowest BCUT2D eigenvalue weighted by Gasteiger charge is -2.16. The van der Waals surface area contributed by atoms with Crippen LogP contribution in [0.3, 0.4) is 0 Å². The summed E-state index contributed by atoms with van der Waals surface area (Å²) in [5.74, 6) is -0.312. The van der Waals surface area contributed by atoms with Crippen molar-refractivity contribution in [1.29, 1.82) is 0 Å². The van der Waals surface area contributed by atoms with Gasteiger partial charge in [-0.15, -0.1) is 0 Å². The molecular weight excluding hydrogens is 360 g/mol. The van der Waals surface area contributed by atoms with E-state index in [1.165, 1.54) is 37.9 Å². The van der Waals surface area contributed by atoms with E-state index in [1.54, 1.807) is 0 Å². The third-order valence-corrected chi connectivity index (χ3v) is 6.69. The van der Waals surface area contributed by atoms with Gasteiger partial charge in [0.05, 0.1) is 11.1 Å². The molecule has 1 atom stereocenters. The van der Waals surface area contributed by atoms with Gasteiger partial charge in [-0.25, -0.2) is 12.7 Å². The molecule has 0 bridgehead atoms. The first-order chi connectivity index (χ1) is 11.8. The van der Waals surface area contributed by atoms with Gasteiger partial charge < -0.3 is 5.32 Å². The minimum atomic E-state index is -3.72. The highest BCUT2D eigenvalue weighted by atomic mass is 35.5. The van der Waals surface area contributed by atoms with Crippen LogP contribution in [-0.2, 0) is 16.4 Å². The van der Waals surface area contributed by atoms with Gasteiger partial charge in [0.25, 0.3) is 5.91 Å². The monoisotopic (exact) mass is 378 g/mol. The Hall–Kier alpha value is -1.89. The summed E-state index contributed by atoms with van der Waals surface area (Å²) in [5, 5.41) is 3.08. The standard InChI is InChI=1S/C18H19ClN2O3S/c1-21(2)25(23,24)17-11-13(7-9-15(17)19)18(22)20-16-10-8-12-5-3-4-6-14(12)16/h3-7,9,11,16H,8,10H2,1-2H3,(H,20,22). The fourth-order valence-corrected chi connectivity index (χ4v) is 4.38. The first-order valence-electron chi connectivity index (χ1n) is 7.91. The maximum atomic E-state index is 12.6. The average Bonchev–Trinajstić information content (AvgIpc) is 2.98. The van der Waals surface area contributed by atoms with Crippen LogP contribution in [0.5, 0.6) is 0 Å². The molecule has 2 aromatic rings. The second kappa shape index (κ2) is 6.78. The lowest BCUT2D eigenvalue weighted by atomic mass is 10.1. The van der Waals surface area contributed by atoms with Gasteiger partial charge in [-0.1, -0.05) is 35.9 Å². The van der Waals surface area contributed by atoms with Crippen molar-refractivity contribution in [2.45, 2.75) is 23.8 Å². The average molecular weight is 379 g/mol. The van der Waals surface area contributed by atoms with Crippen LogP contribution >= 0.6 is 11.6 Å². The van der Waals surface area contributed by atoms with Gasteiger partial charge in [0.1, 0.15) is 4.90 Å². The summed E-state index contributed by atoms with van der Waals surface area (Å²) in [4.78, 5) is 12.5. The molecule has 1 amide bonds. The van der Waals surface area contributed by atoms with Crippen molar-refractivity contribution in [1.82, 2.24) is 9.62 Å². The minimum absolute atomic E-state index is 0.0618. The predicted octanol–water partition coefficient (Wildman–Crippen LogP) is 3.01. The first kappa shape index (κ1) is 17.9. The third kappa shape index (κ3) is 3.42. The van der Waals surface area contributed by atoms with E-state index in [0.717, 1.165) is 22.7 Å². The molecule has 132 valence electrons. The van der Waals surface area contributed by atoms with E-state index in [9.17, 15) is 13.2 Å². The molecule has 0 aromatic heterocycles. The van der Waals surface area contributed by atoms with Crippen LogP contribution in [0.1, 0.15) is 33.9 Å². The molecule has 0 spiro atoms. The van der Waals surface area contributed by atoms with Crippen LogP contribution in [0.4, 0.5) is 0 Å². The quantitative estimate of drug-likeness (QED) is 0.889. The molecule has 1 N–H and O–H groups in total. The fraction of sp³-hybridized carbons (Fsp3) is 0.278. The number of hydrogen-bond donors (Lipinski definition) is 1. The lowest BCUT2D eigenvalue weighted by Crippen LogP contribution is -2.28. The number of halogens is 1. The summed E-state index contributed by atoms with van der Waals surface area (Å²) in [5.41, 5.74) is 2.62. The normalized spacial score (nSPS) is 16.7. The lowest BCUT2D eigenvalue weighted by molar-refractivity contribution is 0.0936. The largest absolute Gasteiger partial charge is 0.345 e. The van der Waals surface area contributed by atoms with Gasteiger partial charge in [-0.2, -0.15) is 0 Å². The molecular formula is C18H19ClN2O3S. The number of benzene rings is 2. The Kier molecular flexibility index (Phi) is 4.86. The predicted molar refractivity (Wildman–Crippen MR) is 97.3 cm³/mol. The highest BCUT2D eigenvalue weighted by Gasteiger charge is 2.26. The summed E-state index contributed by atoms with van der Waals surface area (Å²) in [7, 11) is -0.869. The van der Waals surface area contributed by atoms with E-state index in [1.807, 2.05) is 18.2 Å². The number of amides is 1. The van der Waals surface area contributed by atoms with E-state index in [-0.39, 0.29) is 27.4 Å². The number of carbonyl (C=O) groups is 1. The molecule has 3 rings (SSSR count). The Bertz CT molecular complexity index is 926. The van der Waals surface area contributed by atoms with Crippen LogP contribution in [0, 0.1) is 0 Å².